The van der Waals surface area contributed by atoms with E-state index in [0.29, 0.717) is 16.0 Å². The fraction of sp³-hybridized carbons (Fsp3) is 0.667. The third-order valence-electron chi connectivity index (χ3n) is 5.46. The van der Waals surface area contributed by atoms with Gasteiger partial charge in [0, 0.05) is 19.0 Å². The third kappa shape index (κ3) is 6.75. The molecule has 0 radical (unpaired) electrons. The highest BCUT2D eigenvalue weighted by Crippen LogP contribution is 2.25. The zero-order valence-electron chi connectivity index (χ0n) is 16.1. The van der Waals surface area contributed by atoms with E-state index in [9.17, 15) is 4.79 Å². The SMILES string of the molecule is CCCC[C@H](CC)CNC(=O)C1CCN(Cc2ccc(Cl)c(Cl)c2)CC1. The van der Waals surface area contributed by atoms with E-state index in [1.807, 2.05) is 18.2 Å². The lowest BCUT2D eigenvalue weighted by Gasteiger charge is -2.31. The standard InChI is InChI=1S/C21H32Cl2N2O/c1-3-5-6-16(4-2)14-24-21(26)18-9-11-25(12-10-18)15-17-7-8-19(22)20(23)13-17/h7-8,13,16,18H,3-6,9-12,14-15H2,1-2H3,(H,24,26)/t16-/m0/s1. The van der Waals surface area contributed by atoms with E-state index in [1.54, 1.807) is 0 Å². The Morgan fingerprint density at radius 1 is 1.23 bits per heavy atom. The first-order valence-corrected chi connectivity index (χ1v) is 10.7. The Morgan fingerprint density at radius 3 is 2.58 bits per heavy atom. The molecule has 0 saturated carbocycles. The van der Waals surface area contributed by atoms with Crippen LogP contribution in [0.25, 0.3) is 0 Å². The van der Waals surface area contributed by atoms with E-state index >= 15 is 0 Å². The van der Waals surface area contributed by atoms with Crippen molar-refractivity contribution in [2.24, 2.45) is 11.8 Å². The number of hydrogen-bond acceptors (Lipinski definition) is 2. The van der Waals surface area contributed by atoms with Crippen molar-refractivity contribution >= 4 is 29.1 Å². The summed E-state index contributed by atoms with van der Waals surface area (Å²) < 4.78 is 0. The number of nitrogens with one attached hydrogen (secondary N) is 1. The maximum Gasteiger partial charge on any atom is 0.223 e. The number of benzene rings is 1. The summed E-state index contributed by atoms with van der Waals surface area (Å²) in [5.41, 5.74) is 1.17. The molecule has 1 N–H and O–H groups in total. The summed E-state index contributed by atoms with van der Waals surface area (Å²) in [4.78, 5) is 14.9. The van der Waals surface area contributed by atoms with E-state index in [-0.39, 0.29) is 11.8 Å². The lowest BCUT2D eigenvalue weighted by Crippen LogP contribution is -2.41. The van der Waals surface area contributed by atoms with E-state index < -0.39 is 0 Å². The fourth-order valence-electron chi connectivity index (χ4n) is 3.58. The van der Waals surface area contributed by atoms with Crippen LogP contribution in [-0.4, -0.2) is 30.4 Å². The average molecular weight is 399 g/mol. The Hall–Kier alpha value is -0.770. The van der Waals surface area contributed by atoms with E-state index in [2.05, 4.69) is 24.1 Å². The zero-order chi connectivity index (χ0) is 18.9. The molecular weight excluding hydrogens is 367 g/mol. The molecule has 1 aromatic carbocycles. The smallest absolute Gasteiger partial charge is 0.223 e. The summed E-state index contributed by atoms with van der Waals surface area (Å²) >= 11 is 12.1. The average Bonchev–Trinajstić information content (AvgIpc) is 2.65. The molecule has 146 valence electrons. The number of nitrogens with zero attached hydrogens (tertiary/aromatic N) is 1. The van der Waals surface area contributed by atoms with Crippen LogP contribution in [-0.2, 0) is 11.3 Å². The van der Waals surface area contributed by atoms with E-state index in [1.165, 1.54) is 24.8 Å². The molecule has 0 bridgehead atoms. The second-order valence-electron chi connectivity index (χ2n) is 7.46. The number of rotatable bonds is 9. The number of piperidine rings is 1. The number of likely N-dealkylation sites (tertiary alicyclic amines) is 1. The van der Waals surface area contributed by atoms with Crippen LogP contribution < -0.4 is 5.32 Å². The van der Waals surface area contributed by atoms with Gasteiger partial charge in [0.2, 0.25) is 5.91 Å². The van der Waals surface area contributed by atoms with Crippen LogP contribution >= 0.6 is 23.2 Å². The predicted octanol–water partition coefficient (Wildman–Crippen LogP) is 5.54. The topological polar surface area (TPSA) is 32.3 Å². The number of carbonyl (C=O) groups is 1. The molecule has 5 heteroatoms. The molecule has 26 heavy (non-hydrogen) atoms. The highest BCUT2D eigenvalue weighted by molar-refractivity contribution is 6.42. The Balaban J connectivity index is 1.73. The fourth-order valence-corrected chi connectivity index (χ4v) is 3.90. The summed E-state index contributed by atoms with van der Waals surface area (Å²) in [5, 5.41) is 4.40. The van der Waals surface area contributed by atoms with Gasteiger partial charge in [-0.3, -0.25) is 9.69 Å². The van der Waals surface area contributed by atoms with E-state index in [0.717, 1.165) is 45.4 Å². The molecule has 1 aliphatic heterocycles. The van der Waals surface area contributed by atoms with Gasteiger partial charge in [0.1, 0.15) is 0 Å². The normalized spacial score (nSPS) is 17.2. The van der Waals surface area contributed by atoms with Gasteiger partial charge in [0.05, 0.1) is 10.0 Å². The van der Waals surface area contributed by atoms with Crippen molar-refractivity contribution in [2.75, 3.05) is 19.6 Å². The maximum atomic E-state index is 12.5. The monoisotopic (exact) mass is 398 g/mol. The van der Waals surface area contributed by atoms with Crippen LogP contribution in [0.1, 0.15) is 57.9 Å². The summed E-state index contributed by atoms with van der Waals surface area (Å²) in [7, 11) is 0. The van der Waals surface area contributed by atoms with Crippen LogP contribution in [0.15, 0.2) is 18.2 Å². The quantitative estimate of drug-likeness (QED) is 0.592. The minimum absolute atomic E-state index is 0.156. The van der Waals surface area contributed by atoms with Gasteiger partial charge in [0.15, 0.2) is 0 Å². The first-order valence-electron chi connectivity index (χ1n) is 9.97. The lowest BCUT2D eigenvalue weighted by atomic mass is 9.94. The molecule has 3 nitrogen and oxygen atoms in total. The minimum Gasteiger partial charge on any atom is -0.356 e. The van der Waals surface area contributed by atoms with Gasteiger partial charge in [-0.2, -0.15) is 0 Å². The second-order valence-corrected chi connectivity index (χ2v) is 8.27. The van der Waals surface area contributed by atoms with Crippen LogP contribution in [0.5, 0.6) is 0 Å². The molecule has 1 saturated heterocycles. The predicted molar refractivity (Wildman–Crippen MR) is 111 cm³/mol. The van der Waals surface area contributed by atoms with Gasteiger partial charge in [-0.1, -0.05) is 62.4 Å². The van der Waals surface area contributed by atoms with Crippen molar-refractivity contribution in [3.05, 3.63) is 33.8 Å². The van der Waals surface area contributed by atoms with Gasteiger partial charge in [0.25, 0.3) is 0 Å². The van der Waals surface area contributed by atoms with Crippen molar-refractivity contribution in [1.29, 1.82) is 0 Å². The van der Waals surface area contributed by atoms with Crippen molar-refractivity contribution < 1.29 is 4.79 Å². The molecule has 0 spiro atoms. The van der Waals surface area contributed by atoms with Crippen molar-refractivity contribution in [3.63, 3.8) is 0 Å². The molecule has 0 unspecified atom stereocenters. The highest BCUT2D eigenvalue weighted by Gasteiger charge is 2.25. The maximum absolute atomic E-state index is 12.5. The van der Waals surface area contributed by atoms with Crippen molar-refractivity contribution in [3.8, 4) is 0 Å². The molecule has 1 aromatic rings. The Morgan fingerprint density at radius 2 is 1.96 bits per heavy atom. The lowest BCUT2D eigenvalue weighted by molar-refractivity contribution is -0.126. The summed E-state index contributed by atoms with van der Waals surface area (Å²) in [6.07, 6.45) is 6.69. The molecule has 1 atom stereocenters. The molecule has 0 aromatic heterocycles. The molecule has 2 rings (SSSR count). The van der Waals surface area contributed by atoms with Crippen molar-refractivity contribution in [1.82, 2.24) is 10.2 Å². The van der Waals surface area contributed by atoms with Crippen LogP contribution in [0.4, 0.5) is 0 Å². The van der Waals surface area contributed by atoms with Gasteiger partial charge in [-0.05, 0) is 56.0 Å². The first-order chi connectivity index (χ1) is 12.5. The molecule has 1 amide bonds. The minimum atomic E-state index is 0.156. The number of halogens is 2. The number of carbonyl (C=O) groups excluding carboxylic acids is 1. The Bertz CT molecular complexity index is 571. The highest BCUT2D eigenvalue weighted by atomic mass is 35.5. The van der Waals surface area contributed by atoms with Gasteiger partial charge in [-0.25, -0.2) is 0 Å². The number of hydrogen-bond donors (Lipinski definition) is 1. The van der Waals surface area contributed by atoms with Crippen LogP contribution in [0.2, 0.25) is 10.0 Å². The summed E-state index contributed by atoms with van der Waals surface area (Å²) in [6, 6.07) is 5.81. The molecule has 1 heterocycles. The van der Waals surface area contributed by atoms with E-state index in [4.69, 9.17) is 23.2 Å². The zero-order valence-corrected chi connectivity index (χ0v) is 17.6. The number of amides is 1. The van der Waals surface area contributed by atoms with Gasteiger partial charge in [-0.15, -0.1) is 0 Å². The Labute approximate surface area is 168 Å². The largest absolute Gasteiger partial charge is 0.356 e. The molecular formula is C21H32Cl2N2O. The second kappa shape index (κ2) is 11.2. The van der Waals surface area contributed by atoms with Gasteiger partial charge >= 0.3 is 0 Å². The first kappa shape index (κ1) is 21.5. The third-order valence-corrected chi connectivity index (χ3v) is 6.20. The van der Waals surface area contributed by atoms with Gasteiger partial charge < -0.3 is 5.32 Å². The number of unbranched alkanes of at least 4 members (excludes halogenated alkanes) is 1. The molecule has 1 fully saturated rings. The molecule has 0 aliphatic carbocycles. The summed E-state index contributed by atoms with van der Waals surface area (Å²) in [5.74, 6) is 1.02. The van der Waals surface area contributed by atoms with Crippen LogP contribution in [0, 0.1) is 11.8 Å². The van der Waals surface area contributed by atoms with Crippen molar-refractivity contribution in [2.45, 2.75) is 58.9 Å². The molecule has 1 aliphatic rings. The Kier molecular flexibility index (Phi) is 9.24. The summed E-state index contributed by atoms with van der Waals surface area (Å²) in [6.45, 7) is 8.03. The van der Waals surface area contributed by atoms with Crippen LogP contribution in [0.3, 0.4) is 0 Å².